The average molecular weight is 234 g/mol. The number of carbonyl (C=O) groups excluding carboxylic acids is 2. The maximum absolute atomic E-state index is 12.2. The van der Waals surface area contributed by atoms with E-state index in [1.165, 1.54) is 0 Å². The van der Waals surface area contributed by atoms with Crippen molar-refractivity contribution in [2.75, 3.05) is 0 Å². The normalized spacial score (nSPS) is 19.7. The van der Waals surface area contributed by atoms with Crippen LogP contribution in [-0.2, 0) is 16.0 Å². The third-order valence-corrected chi connectivity index (χ3v) is 3.94. The number of rotatable bonds is 0. The summed E-state index contributed by atoms with van der Waals surface area (Å²) in [4.78, 5) is 24.0. The van der Waals surface area contributed by atoms with Crippen LogP contribution >= 0.6 is 0 Å². The van der Waals surface area contributed by atoms with Crippen LogP contribution in [0.15, 0.2) is 42.5 Å². The molecule has 0 aliphatic heterocycles. The number of fused-ring (bicyclic) bond motifs is 3. The van der Waals surface area contributed by atoms with Gasteiger partial charge in [0.15, 0.2) is 0 Å². The Morgan fingerprint density at radius 3 is 2.56 bits per heavy atom. The van der Waals surface area contributed by atoms with E-state index >= 15 is 0 Å². The predicted octanol–water partition coefficient (Wildman–Crippen LogP) is 2.49. The smallest absolute Gasteiger partial charge is 0.210 e. The molecule has 0 heterocycles. The average Bonchev–Trinajstić information content (AvgIpc) is 2.73. The highest BCUT2D eigenvalue weighted by molar-refractivity contribution is 6.42. The summed E-state index contributed by atoms with van der Waals surface area (Å²) in [6, 6.07) is 13.9. The molecular formula is C16H10O2. The molecule has 1 atom stereocenters. The van der Waals surface area contributed by atoms with E-state index in [0.717, 1.165) is 27.8 Å². The zero-order valence-electron chi connectivity index (χ0n) is 9.64. The Hall–Kier alpha value is -2.22. The summed E-state index contributed by atoms with van der Waals surface area (Å²) in [5.74, 6) is -0.866. The van der Waals surface area contributed by atoms with E-state index in [4.69, 9.17) is 0 Å². The summed E-state index contributed by atoms with van der Waals surface area (Å²) in [5, 5.41) is 0. The maximum Gasteiger partial charge on any atom is 0.210 e. The summed E-state index contributed by atoms with van der Waals surface area (Å²) < 4.78 is 0. The molecule has 0 fully saturated rings. The van der Waals surface area contributed by atoms with Crippen molar-refractivity contribution in [3.63, 3.8) is 0 Å². The number of carbonyl (C=O) groups is 2. The van der Waals surface area contributed by atoms with Gasteiger partial charge in [0.05, 0.1) is 5.92 Å². The van der Waals surface area contributed by atoms with Gasteiger partial charge in [-0.2, -0.15) is 0 Å². The maximum atomic E-state index is 12.2. The molecule has 2 aliphatic rings. The molecule has 0 aromatic heterocycles. The Bertz CT molecular complexity index is 713. The van der Waals surface area contributed by atoms with Gasteiger partial charge in [-0.05, 0) is 27.8 Å². The molecule has 0 saturated heterocycles. The van der Waals surface area contributed by atoms with Crippen LogP contribution in [0.25, 0.3) is 11.1 Å². The van der Waals surface area contributed by atoms with E-state index in [-0.39, 0.29) is 23.9 Å². The first kappa shape index (κ1) is 9.77. The van der Waals surface area contributed by atoms with Gasteiger partial charge in [-0.1, -0.05) is 42.5 Å². The molecule has 2 aromatic carbocycles. The largest absolute Gasteiger partial charge is 0.290 e. The number of benzene rings is 2. The predicted molar refractivity (Wildman–Crippen MR) is 67.4 cm³/mol. The fourth-order valence-electron chi connectivity index (χ4n) is 3.19. The molecule has 4 rings (SSSR count). The number of ketones is 2. The zero-order valence-corrected chi connectivity index (χ0v) is 9.64. The standard InChI is InChI=1S/C16H10O2/c17-13-8-9-4-3-7-11-10-5-1-2-6-12(10)15(14(9)11)16(13)18/h1-7,15H,8H2. The van der Waals surface area contributed by atoms with Crippen molar-refractivity contribution in [1.29, 1.82) is 0 Å². The third kappa shape index (κ3) is 1.03. The first-order valence-electron chi connectivity index (χ1n) is 6.05. The lowest BCUT2D eigenvalue weighted by Gasteiger charge is -2.20. The van der Waals surface area contributed by atoms with Crippen molar-refractivity contribution >= 4 is 11.6 Å². The van der Waals surface area contributed by atoms with Crippen LogP contribution in [0, 0.1) is 0 Å². The molecule has 2 heteroatoms. The Labute approximate surface area is 104 Å². The van der Waals surface area contributed by atoms with Gasteiger partial charge in [0.2, 0.25) is 11.6 Å². The van der Waals surface area contributed by atoms with Crippen LogP contribution < -0.4 is 0 Å². The minimum absolute atomic E-state index is 0.250. The molecule has 0 spiro atoms. The van der Waals surface area contributed by atoms with Gasteiger partial charge in [0, 0.05) is 6.42 Å². The van der Waals surface area contributed by atoms with Crippen molar-refractivity contribution in [1.82, 2.24) is 0 Å². The van der Waals surface area contributed by atoms with Gasteiger partial charge in [0.25, 0.3) is 0 Å². The molecule has 0 bridgehead atoms. The van der Waals surface area contributed by atoms with Crippen LogP contribution in [0.2, 0.25) is 0 Å². The quantitative estimate of drug-likeness (QED) is 0.656. The second-order valence-electron chi connectivity index (χ2n) is 4.86. The van der Waals surface area contributed by atoms with Crippen LogP contribution in [0.5, 0.6) is 0 Å². The third-order valence-electron chi connectivity index (χ3n) is 3.94. The number of Topliss-reactive ketones (excluding diaryl/α,β-unsaturated/α-hetero) is 2. The highest BCUT2D eigenvalue weighted by atomic mass is 16.2. The summed E-state index contributed by atoms with van der Waals surface area (Å²) in [5.41, 5.74) is 5.27. The van der Waals surface area contributed by atoms with Gasteiger partial charge < -0.3 is 0 Å². The summed E-state index contributed by atoms with van der Waals surface area (Å²) in [6.07, 6.45) is 0.256. The lowest BCUT2D eigenvalue weighted by molar-refractivity contribution is -0.137. The first-order chi connectivity index (χ1) is 8.77. The molecule has 2 aromatic rings. The van der Waals surface area contributed by atoms with E-state index in [0.29, 0.717) is 0 Å². The highest BCUT2D eigenvalue weighted by Gasteiger charge is 2.41. The van der Waals surface area contributed by atoms with Gasteiger partial charge >= 0.3 is 0 Å². The van der Waals surface area contributed by atoms with Crippen molar-refractivity contribution in [2.24, 2.45) is 0 Å². The summed E-state index contributed by atoms with van der Waals surface area (Å²) >= 11 is 0. The lowest BCUT2D eigenvalue weighted by Crippen LogP contribution is -2.29. The summed E-state index contributed by atoms with van der Waals surface area (Å²) in [6.45, 7) is 0. The monoisotopic (exact) mass is 234 g/mol. The van der Waals surface area contributed by atoms with E-state index in [9.17, 15) is 9.59 Å². The lowest BCUT2D eigenvalue weighted by atomic mass is 9.80. The van der Waals surface area contributed by atoms with E-state index in [2.05, 4.69) is 0 Å². The number of hydrogen-bond donors (Lipinski definition) is 0. The topological polar surface area (TPSA) is 34.1 Å². The molecule has 18 heavy (non-hydrogen) atoms. The Balaban J connectivity index is 2.13. The van der Waals surface area contributed by atoms with Crippen LogP contribution in [-0.4, -0.2) is 11.6 Å². The fourth-order valence-corrected chi connectivity index (χ4v) is 3.19. The summed E-state index contributed by atoms with van der Waals surface area (Å²) in [7, 11) is 0. The second-order valence-corrected chi connectivity index (χ2v) is 4.86. The van der Waals surface area contributed by atoms with E-state index in [1.54, 1.807) is 0 Å². The van der Waals surface area contributed by atoms with Gasteiger partial charge in [-0.3, -0.25) is 9.59 Å². The van der Waals surface area contributed by atoms with E-state index in [1.807, 2.05) is 42.5 Å². The fraction of sp³-hybridized carbons (Fsp3) is 0.125. The Morgan fingerprint density at radius 1 is 0.889 bits per heavy atom. The minimum Gasteiger partial charge on any atom is -0.290 e. The van der Waals surface area contributed by atoms with Crippen LogP contribution in [0.4, 0.5) is 0 Å². The van der Waals surface area contributed by atoms with Gasteiger partial charge in [-0.25, -0.2) is 0 Å². The van der Waals surface area contributed by atoms with Crippen molar-refractivity contribution in [2.45, 2.75) is 12.3 Å². The molecule has 2 aliphatic carbocycles. The second kappa shape index (κ2) is 3.16. The SMILES string of the molecule is O=C1Cc2cccc3c2C(C1=O)c1ccccc1-3. The van der Waals surface area contributed by atoms with Crippen LogP contribution in [0.1, 0.15) is 22.6 Å². The van der Waals surface area contributed by atoms with Crippen LogP contribution in [0.3, 0.4) is 0 Å². The minimum atomic E-state index is -0.353. The van der Waals surface area contributed by atoms with Gasteiger partial charge in [0.1, 0.15) is 0 Å². The molecule has 0 N–H and O–H groups in total. The van der Waals surface area contributed by atoms with Gasteiger partial charge in [-0.15, -0.1) is 0 Å². The van der Waals surface area contributed by atoms with E-state index < -0.39 is 0 Å². The molecular weight excluding hydrogens is 224 g/mol. The number of hydrogen-bond acceptors (Lipinski definition) is 2. The van der Waals surface area contributed by atoms with Crippen molar-refractivity contribution in [3.05, 3.63) is 59.2 Å². The zero-order chi connectivity index (χ0) is 12.3. The van der Waals surface area contributed by atoms with Crippen molar-refractivity contribution < 1.29 is 9.59 Å². The Kier molecular flexibility index (Phi) is 1.72. The molecule has 0 radical (unpaired) electrons. The van der Waals surface area contributed by atoms with Crippen molar-refractivity contribution in [3.8, 4) is 11.1 Å². The Morgan fingerprint density at radius 2 is 1.67 bits per heavy atom. The molecule has 2 nitrogen and oxygen atoms in total. The highest BCUT2D eigenvalue weighted by Crippen LogP contribution is 2.48. The first-order valence-corrected chi connectivity index (χ1v) is 6.05. The molecule has 86 valence electrons. The molecule has 1 unspecified atom stereocenters. The molecule has 0 amide bonds. The molecule has 0 saturated carbocycles.